The lowest BCUT2D eigenvalue weighted by Gasteiger charge is -2.19. The van der Waals surface area contributed by atoms with E-state index in [2.05, 4.69) is 267 Å². The molecule has 6 aromatic carbocycles. The Balaban J connectivity index is 0.000000577. The Morgan fingerprint density at radius 2 is 1.41 bits per heavy atom. The minimum absolute atomic E-state index is 0.834. The standard InChI is InChI=1S/C54H47NO.C9H14.C3H8.C2H6/c1-4-15-47-38(2)24-25-39(3)54(47)50-37-45(33-34-51(50)55-46-20-9-6-10-21-46)43(30-26-40-27-31-44(32-28-40)42-17-7-5-8-18-42)19-12-11-16-41-29-35-53-49(36-41)48-22-13-14-23-52(48)56-53;1-4-5-6-7-8-9(2)3;1-3-2;1-2/h4-12,14-15,17-21,23-37,55H,13,16,22H2,1-3H3;4,6-8H,1,5H2,2-3H3;3H2,1-2H3;1-2H3/b12-11+,15-4-,30-26-,43-19+;7-6-;;. The first-order valence-electron chi connectivity index (χ1n) is 25.2. The van der Waals surface area contributed by atoms with Crippen molar-refractivity contribution in [3.63, 3.8) is 0 Å². The van der Waals surface area contributed by atoms with Crippen LogP contribution in [-0.2, 0) is 12.8 Å². The van der Waals surface area contributed by atoms with Gasteiger partial charge >= 0.3 is 0 Å². The molecular formula is C68H75NO. The van der Waals surface area contributed by atoms with Gasteiger partial charge in [0.1, 0.15) is 11.3 Å². The number of hydrogen-bond acceptors (Lipinski definition) is 2. The lowest BCUT2D eigenvalue weighted by molar-refractivity contribution is 0.595. The maximum atomic E-state index is 6.13. The number of anilines is 2. The number of nitrogens with one attached hydrogen (secondary N) is 1. The Kier molecular flexibility index (Phi) is 22.0. The maximum absolute atomic E-state index is 6.13. The average molecular weight is 922 g/mol. The fraction of sp³-hybridized carbons (Fsp3) is 0.206. The van der Waals surface area contributed by atoms with Crippen LogP contribution in [0.5, 0.6) is 0 Å². The number of rotatable bonds is 14. The van der Waals surface area contributed by atoms with Gasteiger partial charge < -0.3 is 9.73 Å². The molecule has 0 atom stereocenters. The second kappa shape index (κ2) is 28.8. The van der Waals surface area contributed by atoms with Crippen molar-refractivity contribution in [1.29, 1.82) is 0 Å². The van der Waals surface area contributed by atoms with E-state index in [1.54, 1.807) is 0 Å². The highest BCUT2D eigenvalue weighted by atomic mass is 16.3. The van der Waals surface area contributed by atoms with Gasteiger partial charge in [-0.2, -0.15) is 0 Å². The quantitative estimate of drug-likeness (QED) is 0.0868. The topological polar surface area (TPSA) is 25.2 Å². The molecule has 70 heavy (non-hydrogen) atoms. The summed E-state index contributed by atoms with van der Waals surface area (Å²) < 4.78 is 6.13. The molecule has 1 heterocycles. The lowest BCUT2D eigenvalue weighted by Crippen LogP contribution is -1.99. The van der Waals surface area contributed by atoms with E-state index in [9.17, 15) is 0 Å². The molecule has 1 aliphatic rings. The van der Waals surface area contributed by atoms with E-state index >= 15 is 0 Å². The third-order valence-corrected chi connectivity index (χ3v) is 11.5. The second-order valence-electron chi connectivity index (χ2n) is 17.4. The van der Waals surface area contributed by atoms with Gasteiger partial charge in [0.2, 0.25) is 0 Å². The van der Waals surface area contributed by atoms with E-state index in [0.29, 0.717) is 0 Å². The molecular weight excluding hydrogens is 847 g/mol. The summed E-state index contributed by atoms with van der Waals surface area (Å²) in [4.78, 5) is 0. The van der Waals surface area contributed by atoms with Crippen LogP contribution in [0.15, 0.2) is 211 Å². The van der Waals surface area contributed by atoms with Crippen LogP contribution in [0.1, 0.15) is 112 Å². The number of benzene rings is 6. The molecule has 0 radical (unpaired) electrons. The normalized spacial score (nSPS) is 12.0. The van der Waals surface area contributed by atoms with Gasteiger partial charge in [-0.1, -0.05) is 210 Å². The number of hydrogen-bond donors (Lipinski definition) is 1. The van der Waals surface area contributed by atoms with Crippen molar-refractivity contribution < 1.29 is 4.42 Å². The van der Waals surface area contributed by atoms with E-state index in [-0.39, 0.29) is 0 Å². The zero-order valence-corrected chi connectivity index (χ0v) is 43.4. The number of fused-ring (bicyclic) bond motifs is 3. The smallest absolute Gasteiger partial charge is 0.135 e. The van der Waals surface area contributed by atoms with E-state index < -0.39 is 0 Å². The molecule has 0 spiro atoms. The fourth-order valence-corrected chi connectivity index (χ4v) is 8.10. The Bertz CT molecular complexity index is 2940. The monoisotopic (exact) mass is 922 g/mol. The minimum atomic E-state index is 0.834. The summed E-state index contributed by atoms with van der Waals surface area (Å²) in [6.07, 6.45) is 33.1. The van der Waals surface area contributed by atoms with Crippen LogP contribution in [0.25, 0.3) is 57.0 Å². The Morgan fingerprint density at radius 1 is 0.729 bits per heavy atom. The van der Waals surface area contributed by atoms with Gasteiger partial charge in [0.25, 0.3) is 0 Å². The fourth-order valence-electron chi connectivity index (χ4n) is 8.10. The molecule has 1 N–H and O–H groups in total. The zero-order valence-electron chi connectivity index (χ0n) is 43.4. The first kappa shape index (κ1) is 53.5. The van der Waals surface area contributed by atoms with Crippen molar-refractivity contribution in [1.82, 2.24) is 0 Å². The van der Waals surface area contributed by atoms with Crippen LogP contribution in [0.3, 0.4) is 0 Å². The van der Waals surface area contributed by atoms with E-state index in [4.69, 9.17) is 4.42 Å². The highest BCUT2D eigenvalue weighted by molar-refractivity contribution is 5.92. The van der Waals surface area contributed by atoms with Crippen molar-refractivity contribution in [2.24, 2.45) is 0 Å². The molecule has 0 bridgehead atoms. The summed E-state index contributed by atoms with van der Waals surface area (Å²) in [5, 5.41) is 4.99. The molecule has 0 saturated heterocycles. The summed E-state index contributed by atoms with van der Waals surface area (Å²) in [7, 11) is 0. The first-order chi connectivity index (χ1) is 34.2. The largest absolute Gasteiger partial charge is 0.456 e. The van der Waals surface area contributed by atoms with Gasteiger partial charge in [0.05, 0.1) is 0 Å². The summed E-state index contributed by atoms with van der Waals surface area (Å²) in [6.45, 7) is 22.5. The minimum Gasteiger partial charge on any atom is -0.456 e. The van der Waals surface area contributed by atoms with Crippen LogP contribution in [0.2, 0.25) is 0 Å². The molecule has 2 heteroatoms. The van der Waals surface area contributed by atoms with Crippen molar-refractivity contribution in [3.8, 4) is 22.3 Å². The predicted molar refractivity (Wildman–Crippen MR) is 312 cm³/mol. The van der Waals surface area contributed by atoms with Crippen LogP contribution in [-0.4, -0.2) is 0 Å². The van der Waals surface area contributed by atoms with Crippen molar-refractivity contribution in [2.75, 3.05) is 5.32 Å². The van der Waals surface area contributed by atoms with Gasteiger partial charge in [0, 0.05) is 27.9 Å². The molecule has 8 rings (SSSR count). The average Bonchev–Trinajstić information content (AvgIpc) is 3.76. The van der Waals surface area contributed by atoms with E-state index in [1.807, 2.05) is 19.9 Å². The summed E-state index contributed by atoms with van der Waals surface area (Å²) in [5.41, 5.74) is 19.0. The van der Waals surface area contributed by atoms with Crippen LogP contribution in [0, 0.1) is 13.8 Å². The number of allylic oxidation sites excluding steroid dienone is 12. The molecule has 0 saturated carbocycles. The summed E-state index contributed by atoms with van der Waals surface area (Å²) in [6, 6.07) is 47.7. The highest BCUT2D eigenvalue weighted by Gasteiger charge is 2.17. The van der Waals surface area contributed by atoms with Crippen molar-refractivity contribution >= 4 is 46.1 Å². The van der Waals surface area contributed by atoms with Gasteiger partial charge in [-0.25, -0.2) is 0 Å². The van der Waals surface area contributed by atoms with Gasteiger partial charge in [-0.05, 0) is 158 Å². The lowest BCUT2D eigenvalue weighted by atomic mass is 9.88. The number of para-hydroxylation sites is 1. The van der Waals surface area contributed by atoms with Crippen molar-refractivity contribution in [2.45, 2.75) is 94.4 Å². The molecule has 0 unspecified atom stereocenters. The molecule has 7 aromatic rings. The Morgan fingerprint density at radius 3 is 2.11 bits per heavy atom. The molecule has 0 amide bonds. The molecule has 0 aliphatic heterocycles. The zero-order chi connectivity index (χ0) is 50.1. The first-order valence-corrected chi connectivity index (χ1v) is 25.2. The molecule has 1 aliphatic carbocycles. The maximum Gasteiger partial charge on any atom is 0.135 e. The van der Waals surface area contributed by atoms with Crippen LogP contribution in [0.4, 0.5) is 11.4 Å². The van der Waals surface area contributed by atoms with Crippen molar-refractivity contribution in [3.05, 3.63) is 251 Å². The number of aryl methyl sites for hydroxylation is 3. The van der Waals surface area contributed by atoms with E-state index in [1.165, 1.54) is 67.5 Å². The van der Waals surface area contributed by atoms with Crippen LogP contribution >= 0.6 is 0 Å². The Hall–Kier alpha value is -7.42. The highest BCUT2D eigenvalue weighted by Crippen LogP contribution is 2.39. The van der Waals surface area contributed by atoms with Gasteiger partial charge in [-0.15, -0.1) is 6.58 Å². The summed E-state index contributed by atoms with van der Waals surface area (Å²) in [5.74, 6) is 1.01. The third-order valence-electron chi connectivity index (χ3n) is 11.5. The SMILES string of the molecule is C/C=C\c1c(C)ccc(C)c1-c1cc(C(/C=C\c2ccc(-c3ccccc3)cc2)=C/C=C/Cc2ccc3oc4c(c3c2)CCC=C4)ccc1Nc1ccccc1.C=CC/C=C\C=C(C)C.CC.CCC. The number of furan rings is 1. The molecule has 1 aromatic heterocycles. The van der Waals surface area contributed by atoms with E-state index in [0.717, 1.165) is 65.1 Å². The van der Waals surface area contributed by atoms with Crippen LogP contribution < -0.4 is 5.32 Å². The molecule has 2 nitrogen and oxygen atoms in total. The third kappa shape index (κ3) is 15.6. The second-order valence-corrected chi connectivity index (χ2v) is 17.4. The van der Waals surface area contributed by atoms with Gasteiger partial charge in [0.15, 0.2) is 0 Å². The van der Waals surface area contributed by atoms with Gasteiger partial charge in [-0.3, -0.25) is 0 Å². The molecule has 358 valence electrons. The Labute approximate surface area is 421 Å². The predicted octanol–water partition coefficient (Wildman–Crippen LogP) is 20.5. The molecule has 0 fully saturated rings. The summed E-state index contributed by atoms with van der Waals surface area (Å²) >= 11 is 0.